The molecule has 1 heteroatoms. The highest BCUT2D eigenvalue weighted by molar-refractivity contribution is 4.72. The second-order valence-electron chi connectivity index (χ2n) is 3.80. The second-order valence-corrected chi connectivity index (χ2v) is 3.80. The third kappa shape index (κ3) is 8.06. The first kappa shape index (κ1) is 13.4. The summed E-state index contributed by atoms with van der Waals surface area (Å²) in [5.41, 5.74) is 0. The molecule has 0 bridgehead atoms. The lowest BCUT2D eigenvalue weighted by molar-refractivity contribution is 0.419. The Balaban J connectivity index is 3.49. The molecule has 0 aliphatic carbocycles. The summed E-state index contributed by atoms with van der Waals surface area (Å²) in [5, 5.41) is 3.47. The highest BCUT2D eigenvalue weighted by atomic mass is 14.8. The normalized spacial score (nSPS) is 12.4. The van der Waals surface area contributed by atoms with Gasteiger partial charge in [-0.25, -0.2) is 0 Å². The Hall–Kier alpha value is -0.560. The van der Waals surface area contributed by atoms with Crippen LogP contribution in [-0.2, 0) is 0 Å². The average molecular weight is 195 g/mol. The predicted molar refractivity (Wildman–Crippen MR) is 65.5 cm³/mol. The van der Waals surface area contributed by atoms with E-state index in [1.165, 1.54) is 19.3 Å². The highest BCUT2D eigenvalue weighted by Gasteiger charge is 2.05. The number of hydrogen-bond acceptors (Lipinski definition) is 1. The minimum absolute atomic E-state index is 0.822. The molecule has 0 heterocycles. The smallest absolute Gasteiger partial charge is 0.00143 e. The van der Waals surface area contributed by atoms with Gasteiger partial charge in [0.2, 0.25) is 0 Å². The van der Waals surface area contributed by atoms with Crippen LogP contribution in [0.15, 0.2) is 25.3 Å². The van der Waals surface area contributed by atoms with Crippen LogP contribution >= 0.6 is 0 Å². The van der Waals surface area contributed by atoms with E-state index in [9.17, 15) is 0 Å². The number of hydrogen-bond donors (Lipinski definition) is 1. The fourth-order valence-electron chi connectivity index (χ4n) is 1.62. The Morgan fingerprint density at radius 2 is 1.86 bits per heavy atom. The molecule has 0 radical (unpaired) electrons. The molecule has 0 saturated heterocycles. The van der Waals surface area contributed by atoms with Crippen molar-refractivity contribution in [3.05, 3.63) is 25.3 Å². The van der Waals surface area contributed by atoms with E-state index < -0.39 is 0 Å². The average Bonchev–Trinajstić information content (AvgIpc) is 2.20. The Labute approximate surface area is 89.3 Å². The maximum atomic E-state index is 3.77. The molecule has 0 spiro atoms. The van der Waals surface area contributed by atoms with Crippen molar-refractivity contribution < 1.29 is 0 Å². The van der Waals surface area contributed by atoms with Crippen LogP contribution in [0.4, 0.5) is 0 Å². The van der Waals surface area contributed by atoms with Gasteiger partial charge < -0.3 is 5.32 Å². The molecule has 0 aliphatic heterocycles. The van der Waals surface area contributed by atoms with Crippen LogP contribution in [0.3, 0.4) is 0 Å². The Kier molecular flexibility index (Phi) is 10.1. The van der Waals surface area contributed by atoms with Crippen LogP contribution in [0.5, 0.6) is 0 Å². The number of rotatable bonds is 10. The second kappa shape index (κ2) is 10.5. The molecule has 0 fully saturated rings. The van der Waals surface area contributed by atoms with E-state index in [0.29, 0.717) is 0 Å². The van der Waals surface area contributed by atoms with Gasteiger partial charge in [0.15, 0.2) is 0 Å². The van der Waals surface area contributed by atoms with Crippen LogP contribution in [0, 0.1) is 5.92 Å². The van der Waals surface area contributed by atoms with Gasteiger partial charge in [-0.3, -0.25) is 0 Å². The van der Waals surface area contributed by atoms with E-state index in [0.717, 1.165) is 31.8 Å². The van der Waals surface area contributed by atoms with E-state index in [4.69, 9.17) is 0 Å². The molecule has 14 heavy (non-hydrogen) atoms. The van der Waals surface area contributed by atoms with E-state index in [2.05, 4.69) is 25.4 Å². The molecular formula is C13H25N. The molecule has 82 valence electrons. The topological polar surface area (TPSA) is 12.0 Å². The number of allylic oxidation sites excluding steroid dienone is 1. The first-order chi connectivity index (χ1) is 6.85. The van der Waals surface area contributed by atoms with Gasteiger partial charge in [0.1, 0.15) is 0 Å². The quantitative estimate of drug-likeness (QED) is 0.415. The summed E-state index contributed by atoms with van der Waals surface area (Å²) in [7, 11) is 0. The lowest BCUT2D eigenvalue weighted by atomic mass is 9.98. The van der Waals surface area contributed by atoms with Gasteiger partial charge in [-0.1, -0.05) is 25.5 Å². The molecule has 0 aliphatic rings. The zero-order valence-electron chi connectivity index (χ0n) is 9.60. The predicted octanol–water partition coefficient (Wildman–Crippen LogP) is 3.53. The van der Waals surface area contributed by atoms with E-state index in [1.807, 2.05) is 12.2 Å². The fourth-order valence-corrected chi connectivity index (χ4v) is 1.62. The molecular weight excluding hydrogens is 170 g/mol. The maximum Gasteiger partial charge on any atom is -0.00143 e. The molecule has 1 nitrogen and oxygen atoms in total. The maximum absolute atomic E-state index is 3.77. The Bertz CT molecular complexity index is 140. The first-order valence-electron chi connectivity index (χ1n) is 5.77. The third-order valence-corrected chi connectivity index (χ3v) is 2.43. The summed E-state index contributed by atoms with van der Waals surface area (Å²) in [4.78, 5) is 0. The van der Waals surface area contributed by atoms with Gasteiger partial charge in [0.25, 0.3) is 0 Å². The van der Waals surface area contributed by atoms with Crippen LogP contribution in [-0.4, -0.2) is 13.1 Å². The SMILES string of the molecule is C=CCCNCC(CCC)CCC=C. The molecule has 0 amide bonds. The molecule has 0 rings (SSSR count). The molecule has 0 saturated carbocycles. The van der Waals surface area contributed by atoms with Crippen molar-refractivity contribution in [2.45, 2.75) is 39.0 Å². The highest BCUT2D eigenvalue weighted by Crippen LogP contribution is 2.12. The summed E-state index contributed by atoms with van der Waals surface area (Å²) in [5.74, 6) is 0.822. The summed E-state index contributed by atoms with van der Waals surface area (Å²) < 4.78 is 0. The summed E-state index contributed by atoms with van der Waals surface area (Å²) in [6, 6.07) is 0. The lowest BCUT2D eigenvalue weighted by Crippen LogP contribution is -2.23. The van der Waals surface area contributed by atoms with Crippen LogP contribution in [0.1, 0.15) is 39.0 Å². The van der Waals surface area contributed by atoms with Crippen molar-refractivity contribution >= 4 is 0 Å². The van der Waals surface area contributed by atoms with Crippen LogP contribution in [0.2, 0.25) is 0 Å². The molecule has 0 aromatic heterocycles. The standard InChI is InChI=1S/C13H25N/c1-4-7-10-13(9-6-3)12-14-11-8-5-2/h4-5,13-14H,1-2,6-12H2,3H3. The number of nitrogens with one attached hydrogen (secondary N) is 1. The molecule has 0 aromatic carbocycles. The largest absolute Gasteiger partial charge is 0.316 e. The van der Waals surface area contributed by atoms with Crippen molar-refractivity contribution in [2.75, 3.05) is 13.1 Å². The third-order valence-electron chi connectivity index (χ3n) is 2.43. The van der Waals surface area contributed by atoms with Gasteiger partial charge in [-0.2, -0.15) is 0 Å². The summed E-state index contributed by atoms with van der Waals surface area (Å²) in [6.45, 7) is 11.9. The molecule has 1 N–H and O–H groups in total. The van der Waals surface area contributed by atoms with Gasteiger partial charge >= 0.3 is 0 Å². The minimum atomic E-state index is 0.822. The molecule has 1 atom stereocenters. The van der Waals surface area contributed by atoms with Crippen molar-refractivity contribution in [1.29, 1.82) is 0 Å². The van der Waals surface area contributed by atoms with Crippen molar-refractivity contribution in [3.63, 3.8) is 0 Å². The Morgan fingerprint density at radius 3 is 2.43 bits per heavy atom. The molecule has 0 aromatic rings. The summed E-state index contributed by atoms with van der Waals surface area (Å²) in [6.07, 6.45) is 10.1. The van der Waals surface area contributed by atoms with Gasteiger partial charge in [-0.15, -0.1) is 13.2 Å². The monoisotopic (exact) mass is 195 g/mol. The van der Waals surface area contributed by atoms with Gasteiger partial charge in [-0.05, 0) is 44.7 Å². The van der Waals surface area contributed by atoms with Gasteiger partial charge in [0.05, 0.1) is 0 Å². The minimum Gasteiger partial charge on any atom is -0.316 e. The molecule has 1 unspecified atom stereocenters. The zero-order chi connectivity index (χ0) is 10.6. The lowest BCUT2D eigenvalue weighted by Gasteiger charge is -2.15. The summed E-state index contributed by atoms with van der Waals surface area (Å²) >= 11 is 0. The first-order valence-corrected chi connectivity index (χ1v) is 5.77. The zero-order valence-corrected chi connectivity index (χ0v) is 9.60. The van der Waals surface area contributed by atoms with Crippen molar-refractivity contribution in [3.8, 4) is 0 Å². The van der Waals surface area contributed by atoms with Crippen molar-refractivity contribution in [1.82, 2.24) is 5.32 Å². The van der Waals surface area contributed by atoms with E-state index >= 15 is 0 Å². The van der Waals surface area contributed by atoms with Crippen LogP contribution < -0.4 is 5.32 Å². The van der Waals surface area contributed by atoms with Gasteiger partial charge in [0, 0.05) is 0 Å². The van der Waals surface area contributed by atoms with Crippen LogP contribution in [0.25, 0.3) is 0 Å². The Morgan fingerprint density at radius 1 is 1.14 bits per heavy atom. The van der Waals surface area contributed by atoms with Crippen molar-refractivity contribution in [2.24, 2.45) is 5.92 Å². The van der Waals surface area contributed by atoms with E-state index in [-0.39, 0.29) is 0 Å². The van der Waals surface area contributed by atoms with E-state index in [1.54, 1.807) is 0 Å². The fraction of sp³-hybridized carbons (Fsp3) is 0.692.